The molecule has 0 aromatic heterocycles. The first-order valence-electron chi connectivity index (χ1n) is 7.44. The van der Waals surface area contributed by atoms with Crippen LogP contribution in [0.25, 0.3) is 0 Å². The van der Waals surface area contributed by atoms with Crippen molar-refractivity contribution in [1.82, 2.24) is 5.32 Å². The average molecular weight is 311 g/mol. The summed E-state index contributed by atoms with van der Waals surface area (Å²) in [5.74, 6) is 1.86. The molecule has 3 rings (SSSR count). The minimum Gasteiger partial charge on any atom is -0.491 e. The predicted molar refractivity (Wildman–Crippen MR) is 80.7 cm³/mol. The molecule has 2 aliphatic heterocycles. The molecule has 2 heterocycles. The van der Waals surface area contributed by atoms with E-state index in [9.17, 15) is 8.42 Å². The van der Waals surface area contributed by atoms with Crippen molar-refractivity contribution in [3.8, 4) is 11.5 Å². The molecule has 1 aromatic carbocycles. The van der Waals surface area contributed by atoms with Crippen LogP contribution in [0.2, 0.25) is 0 Å². The van der Waals surface area contributed by atoms with Crippen molar-refractivity contribution in [2.24, 2.45) is 0 Å². The summed E-state index contributed by atoms with van der Waals surface area (Å²) >= 11 is 0. The van der Waals surface area contributed by atoms with Crippen LogP contribution < -0.4 is 14.8 Å². The Hall–Kier alpha value is -1.27. The van der Waals surface area contributed by atoms with Gasteiger partial charge in [-0.25, -0.2) is 8.42 Å². The highest BCUT2D eigenvalue weighted by molar-refractivity contribution is 7.91. The smallest absolute Gasteiger partial charge is 0.154 e. The number of nitrogens with one attached hydrogen (secondary N) is 1. The number of benzene rings is 1. The number of hydrogen-bond acceptors (Lipinski definition) is 5. The van der Waals surface area contributed by atoms with Gasteiger partial charge in [-0.2, -0.15) is 0 Å². The van der Waals surface area contributed by atoms with E-state index in [1.807, 2.05) is 18.2 Å². The Labute approximate surface area is 125 Å². The molecule has 1 N–H and O–H groups in total. The lowest BCUT2D eigenvalue weighted by molar-refractivity contribution is 0.227. The van der Waals surface area contributed by atoms with Gasteiger partial charge in [0.25, 0.3) is 0 Å². The van der Waals surface area contributed by atoms with Crippen LogP contribution in [-0.4, -0.2) is 39.2 Å². The largest absolute Gasteiger partial charge is 0.491 e. The van der Waals surface area contributed by atoms with Gasteiger partial charge in [0.2, 0.25) is 0 Å². The van der Waals surface area contributed by atoms with E-state index >= 15 is 0 Å². The fourth-order valence-corrected chi connectivity index (χ4v) is 4.39. The third-order valence-electron chi connectivity index (χ3n) is 3.90. The second kappa shape index (κ2) is 5.85. The van der Waals surface area contributed by atoms with Gasteiger partial charge in [-0.1, -0.05) is 6.92 Å². The van der Waals surface area contributed by atoms with Crippen molar-refractivity contribution in [2.45, 2.75) is 31.9 Å². The Kier molecular flexibility index (Phi) is 4.08. The van der Waals surface area contributed by atoms with Crippen molar-refractivity contribution < 1.29 is 17.9 Å². The van der Waals surface area contributed by atoms with Gasteiger partial charge in [-0.05, 0) is 31.5 Å². The molecule has 21 heavy (non-hydrogen) atoms. The van der Waals surface area contributed by atoms with Crippen LogP contribution in [-0.2, 0) is 9.84 Å². The molecule has 116 valence electrons. The second-order valence-corrected chi connectivity index (χ2v) is 7.89. The summed E-state index contributed by atoms with van der Waals surface area (Å²) in [4.78, 5) is 0. The highest BCUT2D eigenvalue weighted by atomic mass is 32.2. The number of rotatable bonds is 5. The van der Waals surface area contributed by atoms with Gasteiger partial charge in [0.05, 0.1) is 17.5 Å². The molecule has 1 aromatic rings. The van der Waals surface area contributed by atoms with E-state index in [0.717, 1.165) is 24.3 Å². The van der Waals surface area contributed by atoms with Crippen LogP contribution >= 0.6 is 0 Å². The Balaban J connectivity index is 1.67. The summed E-state index contributed by atoms with van der Waals surface area (Å²) in [6.45, 7) is 3.73. The Bertz CT molecular complexity index is 614. The number of sulfone groups is 1. The van der Waals surface area contributed by atoms with Crippen LogP contribution in [0.15, 0.2) is 18.2 Å². The summed E-state index contributed by atoms with van der Waals surface area (Å²) in [5, 5.41) is 3.45. The van der Waals surface area contributed by atoms with Crippen molar-refractivity contribution in [1.29, 1.82) is 0 Å². The SMILES string of the molecule is CCCNC1COc2cc(OC3CCS(=O)(=O)C3)ccc21. The van der Waals surface area contributed by atoms with Crippen molar-refractivity contribution in [3.63, 3.8) is 0 Å². The third-order valence-corrected chi connectivity index (χ3v) is 5.64. The molecule has 2 unspecified atom stereocenters. The van der Waals surface area contributed by atoms with Crippen molar-refractivity contribution in [2.75, 3.05) is 24.7 Å². The third kappa shape index (κ3) is 3.32. The van der Waals surface area contributed by atoms with Crippen LogP contribution in [0, 0.1) is 0 Å². The highest BCUT2D eigenvalue weighted by Gasteiger charge is 2.30. The number of hydrogen-bond donors (Lipinski definition) is 1. The molecule has 0 spiro atoms. The Morgan fingerprint density at radius 3 is 3.00 bits per heavy atom. The Morgan fingerprint density at radius 1 is 1.43 bits per heavy atom. The molecule has 1 fully saturated rings. The fourth-order valence-electron chi connectivity index (χ4n) is 2.80. The summed E-state index contributed by atoms with van der Waals surface area (Å²) in [5.41, 5.74) is 1.15. The summed E-state index contributed by atoms with van der Waals surface area (Å²) in [7, 11) is -2.91. The molecule has 0 aliphatic carbocycles. The molecule has 0 radical (unpaired) electrons. The van der Waals surface area contributed by atoms with E-state index in [1.54, 1.807) is 0 Å². The standard InChI is InChI=1S/C15H21NO4S/c1-2-6-16-14-9-19-15-8-11(3-4-13(14)15)20-12-5-7-21(17,18)10-12/h3-4,8,12,14,16H,2,5-7,9-10H2,1H3. The zero-order valence-electron chi connectivity index (χ0n) is 12.2. The first-order valence-corrected chi connectivity index (χ1v) is 9.27. The van der Waals surface area contributed by atoms with Crippen LogP contribution in [0.3, 0.4) is 0 Å². The molecule has 0 amide bonds. The molecule has 1 saturated heterocycles. The van der Waals surface area contributed by atoms with E-state index < -0.39 is 9.84 Å². The average Bonchev–Trinajstić information content (AvgIpc) is 2.99. The van der Waals surface area contributed by atoms with Gasteiger partial charge in [-0.3, -0.25) is 0 Å². The van der Waals surface area contributed by atoms with Gasteiger partial charge in [0.15, 0.2) is 9.84 Å². The maximum absolute atomic E-state index is 11.4. The topological polar surface area (TPSA) is 64.6 Å². The van der Waals surface area contributed by atoms with E-state index in [1.165, 1.54) is 0 Å². The lowest BCUT2D eigenvalue weighted by Gasteiger charge is -2.13. The van der Waals surface area contributed by atoms with Crippen LogP contribution in [0.1, 0.15) is 31.4 Å². The number of ether oxygens (including phenoxy) is 2. The van der Waals surface area contributed by atoms with Crippen LogP contribution in [0.5, 0.6) is 11.5 Å². The molecule has 2 atom stereocenters. The maximum Gasteiger partial charge on any atom is 0.154 e. The normalized spacial score (nSPS) is 26.3. The van der Waals surface area contributed by atoms with Gasteiger partial charge in [0, 0.05) is 11.6 Å². The van der Waals surface area contributed by atoms with Gasteiger partial charge in [-0.15, -0.1) is 0 Å². The van der Waals surface area contributed by atoms with E-state index in [2.05, 4.69) is 12.2 Å². The minimum absolute atomic E-state index is 0.117. The zero-order valence-corrected chi connectivity index (χ0v) is 13.0. The minimum atomic E-state index is -2.91. The van der Waals surface area contributed by atoms with Gasteiger partial charge >= 0.3 is 0 Å². The summed E-state index contributed by atoms with van der Waals surface area (Å²) in [6.07, 6.45) is 1.42. The summed E-state index contributed by atoms with van der Waals surface area (Å²) < 4.78 is 34.4. The summed E-state index contributed by atoms with van der Waals surface area (Å²) in [6, 6.07) is 6.02. The predicted octanol–water partition coefficient (Wildman–Crippen LogP) is 1.69. The molecule has 6 heteroatoms. The van der Waals surface area contributed by atoms with Crippen molar-refractivity contribution >= 4 is 9.84 Å². The van der Waals surface area contributed by atoms with Gasteiger partial charge < -0.3 is 14.8 Å². The van der Waals surface area contributed by atoms with E-state index in [-0.39, 0.29) is 23.7 Å². The van der Waals surface area contributed by atoms with Crippen LogP contribution in [0.4, 0.5) is 0 Å². The zero-order chi connectivity index (χ0) is 14.9. The maximum atomic E-state index is 11.4. The van der Waals surface area contributed by atoms with E-state index in [4.69, 9.17) is 9.47 Å². The Morgan fingerprint density at radius 2 is 2.29 bits per heavy atom. The molecule has 0 bridgehead atoms. The molecule has 2 aliphatic rings. The highest BCUT2D eigenvalue weighted by Crippen LogP contribution is 2.36. The fraction of sp³-hybridized carbons (Fsp3) is 0.600. The molecular formula is C15H21NO4S. The monoisotopic (exact) mass is 311 g/mol. The first-order chi connectivity index (χ1) is 10.1. The second-order valence-electron chi connectivity index (χ2n) is 5.66. The number of fused-ring (bicyclic) bond motifs is 1. The first kappa shape index (κ1) is 14.7. The quantitative estimate of drug-likeness (QED) is 0.896. The lowest BCUT2D eigenvalue weighted by atomic mass is 10.1. The molecule has 0 saturated carbocycles. The van der Waals surface area contributed by atoms with Crippen molar-refractivity contribution in [3.05, 3.63) is 23.8 Å². The molecular weight excluding hydrogens is 290 g/mol. The lowest BCUT2D eigenvalue weighted by Crippen LogP contribution is -2.23. The van der Waals surface area contributed by atoms with Gasteiger partial charge in [0.1, 0.15) is 24.2 Å². The van der Waals surface area contributed by atoms with E-state index in [0.29, 0.717) is 18.8 Å². The molecule has 5 nitrogen and oxygen atoms in total.